The van der Waals surface area contributed by atoms with E-state index in [1.165, 1.54) is 12.1 Å². The number of alkyl carbamates (subject to hydrolysis) is 1. The minimum atomic E-state index is -0.563. The molecule has 0 fully saturated rings. The smallest absolute Gasteiger partial charge is 0.407 e. The topological polar surface area (TPSA) is 55.3 Å². The molecule has 0 radical (unpaired) electrons. The number of rotatable bonds is 4. The van der Waals surface area contributed by atoms with Gasteiger partial charge in [-0.3, -0.25) is 0 Å². The maximum Gasteiger partial charge on any atom is 0.407 e. The van der Waals surface area contributed by atoms with Crippen molar-refractivity contribution in [2.45, 2.75) is 32.9 Å². The van der Waals surface area contributed by atoms with Gasteiger partial charge in [-0.25, -0.2) is 9.18 Å². The van der Waals surface area contributed by atoms with Crippen LogP contribution in [-0.4, -0.2) is 16.3 Å². The predicted octanol–water partition coefficient (Wildman–Crippen LogP) is 3.93. The normalized spacial score (nSPS) is 11.2. The molecule has 0 aliphatic heterocycles. The summed E-state index contributed by atoms with van der Waals surface area (Å²) in [4.78, 5) is 11.7. The van der Waals surface area contributed by atoms with E-state index in [1.807, 2.05) is 30.1 Å². The van der Waals surface area contributed by atoms with Gasteiger partial charge in [0, 0.05) is 31.7 Å². The van der Waals surface area contributed by atoms with Crippen molar-refractivity contribution in [3.05, 3.63) is 48.0 Å². The fraction of sp³-hybridized carbons (Fsp3) is 0.353. The summed E-state index contributed by atoms with van der Waals surface area (Å²) in [5.41, 5.74) is 1.57. The molecule has 0 aliphatic carbocycles. The molecule has 2 rings (SSSR count). The van der Waals surface area contributed by atoms with Crippen molar-refractivity contribution in [2.24, 2.45) is 7.05 Å². The van der Waals surface area contributed by atoms with E-state index in [2.05, 4.69) is 10.6 Å². The van der Waals surface area contributed by atoms with Crippen LogP contribution in [0.2, 0.25) is 0 Å². The highest BCUT2D eigenvalue weighted by Crippen LogP contribution is 2.20. The quantitative estimate of drug-likeness (QED) is 0.897. The molecule has 5 nitrogen and oxygen atoms in total. The van der Waals surface area contributed by atoms with Gasteiger partial charge in [-0.05, 0) is 50.6 Å². The van der Waals surface area contributed by atoms with Gasteiger partial charge in [-0.15, -0.1) is 0 Å². The molecule has 0 aliphatic rings. The van der Waals surface area contributed by atoms with Crippen molar-refractivity contribution in [3.8, 4) is 0 Å². The molecule has 2 aromatic rings. The van der Waals surface area contributed by atoms with Gasteiger partial charge in [0.2, 0.25) is 0 Å². The number of hydrogen-bond donors (Lipinski definition) is 2. The van der Waals surface area contributed by atoms with Crippen molar-refractivity contribution in [3.63, 3.8) is 0 Å². The summed E-state index contributed by atoms with van der Waals surface area (Å²) in [6.07, 6.45) is 3.26. The fourth-order valence-corrected chi connectivity index (χ4v) is 2.06. The molecule has 0 spiro atoms. The second-order valence-corrected chi connectivity index (χ2v) is 6.39. The summed E-state index contributed by atoms with van der Waals surface area (Å²) in [6.45, 7) is 5.56. The summed E-state index contributed by atoms with van der Waals surface area (Å²) in [7, 11) is 1.91. The van der Waals surface area contributed by atoms with Crippen molar-refractivity contribution in [1.82, 2.24) is 9.88 Å². The third kappa shape index (κ3) is 5.65. The van der Waals surface area contributed by atoms with Crippen molar-refractivity contribution in [1.29, 1.82) is 0 Å². The Morgan fingerprint density at radius 1 is 1.26 bits per heavy atom. The third-order valence-electron chi connectivity index (χ3n) is 2.91. The van der Waals surface area contributed by atoms with E-state index in [-0.39, 0.29) is 12.4 Å². The molecule has 1 aromatic carbocycles. The molecule has 0 unspecified atom stereocenters. The lowest BCUT2D eigenvalue weighted by Crippen LogP contribution is -2.32. The number of anilines is 2. The van der Waals surface area contributed by atoms with Gasteiger partial charge < -0.3 is 19.9 Å². The van der Waals surface area contributed by atoms with Crippen LogP contribution < -0.4 is 10.6 Å². The first-order chi connectivity index (χ1) is 10.7. The van der Waals surface area contributed by atoms with E-state index in [1.54, 1.807) is 26.8 Å². The number of amides is 1. The highest BCUT2D eigenvalue weighted by Gasteiger charge is 2.15. The van der Waals surface area contributed by atoms with Gasteiger partial charge in [-0.2, -0.15) is 0 Å². The molecule has 0 saturated heterocycles. The Morgan fingerprint density at radius 2 is 2.00 bits per heavy atom. The van der Waals surface area contributed by atoms with Gasteiger partial charge in [0.05, 0.1) is 5.69 Å². The molecular weight excluding hydrogens is 297 g/mol. The standard InChI is InChI=1S/C17H22FN3O2/c1-17(2,3)23-16(22)19-10-12-7-13(18)9-15(8-12)20-14-5-6-21(4)11-14/h5-9,11,20H,10H2,1-4H3,(H,19,22). The van der Waals surface area contributed by atoms with E-state index in [0.717, 1.165) is 5.69 Å². The van der Waals surface area contributed by atoms with E-state index in [9.17, 15) is 9.18 Å². The van der Waals surface area contributed by atoms with Crippen LogP contribution in [0.1, 0.15) is 26.3 Å². The third-order valence-corrected chi connectivity index (χ3v) is 2.91. The monoisotopic (exact) mass is 319 g/mol. The summed E-state index contributed by atoms with van der Waals surface area (Å²) >= 11 is 0. The van der Waals surface area contributed by atoms with Crippen LogP contribution in [0.5, 0.6) is 0 Å². The van der Waals surface area contributed by atoms with Gasteiger partial charge in [-0.1, -0.05) is 0 Å². The number of aromatic nitrogens is 1. The number of benzene rings is 1. The van der Waals surface area contributed by atoms with Crippen molar-refractivity contribution < 1.29 is 13.9 Å². The van der Waals surface area contributed by atoms with Gasteiger partial charge in [0.15, 0.2) is 0 Å². The van der Waals surface area contributed by atoms with Gasteiger partial charge in [0.25, 0.3) is 0 Å². The first-order valence-electron chi connectivity index (χ1n) is 7.36. The number of ether oxygens (including phenoxy) is 1. The summed E-state index contributed by atoms with van der Waals surface area (Å²) in [5.74, 6) is -0.369. The van der Waals surface area contributed by atoms with Crippen LogP contribution in [0.3, 0.4) is 0 Å². The number of carbonyl (C=O) groups is 1. The second kappa shape index (κ2) is 6.73. The zero-order valence-corrected chi connectivity index (χ0v) is 13.8. The SMILES string of the molecule is Cn1ccc(Nc2cc(F)cc(CNC(=O)OC(C)(C)C)c2)c1. The number of hydrogen-bond acceptors (Lipinski definition) is 3. The summed E-state index contributed by atoms with van der Waals surface area (Å²) in [6, 6.07) is 6.47. The molecule has 1 amide bonds. The van der Waals surface area contributed by atoms with Crippen LogP contribution in [0, 0.1) is 5.82 Å². The summed E-state index contributed by atoms with van der Waals surface area (Å²) < 4.78 is 20.8. The average molecular weight is 319 g/mol. The minimum absolute atomic E-state index is 0.191. The Hall–Kier alpha value is -2.50. The lowest BCUT2D eigenvalue weighted by Gasteiger charge is -2.19. The molecule has 1 heterocycles. The Labute approximate surface area is 135 Å². The fourth-order valence-electron chi connectivity index (χ4n) is 2.06. The Bertz CT molecular complexity index is 689. The molecule has 1 aromatic heterocycles. The van der Waals surface area contributed by atoms with Crippen LogP contribution in [-0.2, 0) is 18.3 Å². The maximum absolute atomic E-state index is 13.7. The minimum Gasteiger partial charge on any atom is -0.444 e. The second-order valence-electron chi connectivity index (χ2n) is 6.39. The Kier molecular flexibility index (Phi) is 4.93. The van der Waals surface area contributed by atoms with Gasteiger partial charge >= 0.3 is 6.09 Å². The highest BCUT2D eigenvalue weighted by molar-refractivity contribution is 5.68. The number of halogens is 1. The zero-order valence-electron chi connectivity index (χ0n) is 13.8. The first-order valence-corrected chi connectivity index (χ1v) is 7.36. The number of nitrogens with zero attached hydrogens (tertiary/aromatic N) is 1. The van der Waals surface area contributed by atoms with E-state index >= 15 is 0 Å². The molecule has 0 saturated carbocycles. The lowest BCUT2D eigenvalue weighted by molar-refractivity contribution is 0.0523. The van der Waals surface area contributed by atoms with Crippen LogP contribution in [0.25, 0.3) is 0 Å². The van der Waals surface area contributed by atoms with E-state index in [0.29, 0.717) is 11.3 Å². The zero-order chi connectivity index (χ0) is 17.0. The maximum atomic E-state index is 13.7. The van der Waals surface area contributed by atoms with E-state index in [4.69, 9.17) is 4.74 Å². The number of aryl methyl sites for hydroxylation is 1. The van der Waals surface area contributed by atoms with Crippen molar-refractivity contribution >= 4 is 17.5 Å². The summed E-state index contributed by atoms with van der Waals surface area (Å²) in [5, 5.41) is 5.75. The van der Waals surface area contributed by atoms with Crippen LogP contribution >= 0.6 is 0 Å². The Morgan fingerprint density at radius 3 is 2.61 bits per heavy atom. The molecule has 2 N–H and O–H groups in total. The average Bonchev–Trinajstić information content (AvgIpc) is 2.79. The lowest BCUT2D eigenvalue weighted by atomic mass is 10.2. The molecule has 124 valence electrons. The molecule has 6 heteroatoms. The molecule has 0 bridgehead atoms. The van der Waals surface area contributed by atoms with Gasteiger partial charge in [0.1, 0.15) is 11.4 Å². The Balaban J connectivity index is 2.01. The number of nitrogens with one attached hydrogen (secondary N) is 2. The van der Waals surface area contributed by atoms with E-state index < -0.39 is 11.7 Å². The molecule has 0 atom stereocenters. The molecular formula is C17H22FN3O2. The predicted molar refractivity (Wildman–Crippen MR) is 88.2 cm³/mol. The molecule has 23 heavy (non-hydrogen) atoms. The van der Waals surface area contributed by atoms with Crippen LogP contribution in [0.4, 0.5) is 20.6 Å². The highest BCUT2D eigenvalue weighted by atomic mass is 19.1. The first kappa shape index (κ1) is 16.9. The largest absolute Gasteiger partial charge is 0.444 e. The number of carbonyl (C=O) groups excluding carboxylic acids is 1. The van der Waals surface area contributed by atoms with Crippen molar-refractivity contribution in [2.75, 3.05) is 5.32 Å². The van der Waals surface area contributed by atoms with Crippen LogP contribution in [0.15, 0.2) is 36.7 Å².